The summed E-state index contributed by atoms with van der Waals surface area (Å²) in [5.74, 6) is 0.522. The van der Waals surface area contributed by atoms with Crippen LogP contribution in [0.3, 0.4) is 0 Å². The van der Waals surface area contributed by atoms with Crippen LogP contribution in [0.4, 0.5) is 17.6 Å². The van der Waals surface area contributed by atoms with Gasteiger partial charge in [0, 0.05) is 63.2 Å². The number of hydrogen-bond donors (Lipinski definition) is 4. The fraction of sp³-hybridized carbons (Fsp3) is 0.385. The zero-order valence-electron chi connectivity index (χ0n) is 22.7. The molecule has 1 saturated heterocycles. The van der Waals surface area contributed by atoms with Crippen molar-refractivity contribution in [3.8, 4) is 5.75 Å². The van der Waals surface area contributed by atoms with Gasteiger partial charge in [-0.1, -0.05) is 11.6 Å². The number of primary amides is 1. The van der Waals surface area contributed by atoms with E-state index >= 15 is 0 Å². The smallest absolute Gasteiger partial charge is 0.270 e. The van der Waals surface area contributed by atoms with Crippen LogP contribution in [0.5, 0.6) is 5.75 Å². The van der Waals surface area contributed by atoms with E-state index in [1.54, 1.807) is 19.4 Å². The van der Waals surface area contributed by atoms with E-state index in [0.717, 1.165) is 50.6 Å². The Hall–Kier alpha value is -3.94. The van der Waals surface area contributed by atoms with Gasteiger partial charge in [0.05, 0.1) is 12.8 Å². The second-order valence-electron chi connectivity index (χ2n) is 9.00. The molecule has 0 bridgehead atoms. The normalized spacial score (nSPS) is 13.2. The Kier molecular flexibility index (Phi) is 12.1. The number of aromatic nitrogens is 4. The number of anilines is 3. The van der Waals surface area contributed by atoms with Crippen LogP contribution in [-0.4, -0.2) is 96.1 Å². The van der Waals surface area contributed by atoms with Crippen LogP contribution in [-0.2, 0) is 0 Å². The molecule has 1 aliphatic heterocycles. The van der Waals surface area contributed by atoms with Crippen molar-refractivity contribution in [1.82, 2.24) is 30.2 Å². The zero-order valence-corrected chi connectivity index (χ0v) is 24.2. The van der Waals surface area contributed by atoms with Crippen LogP contribution >= 0.6 is 24.0 Å². The minimum absolute atomic E-state index is 0. The second-order valence-corrected chi connectivity index (χ2v) is 9.44. The number of carbonyl (C=O) groups excluding carboxylic acids is 2. The van der Waals surface area contributed by atoms with E-state index < -0.39 is 5.91 Å². The molecule has 220 valence electrons. The number of nitrogens with one attached hydrogen (secondary N) is 3. The van der Waals surface area contributed by atoms with Gasteiger partial charge in [0.1, 0.15) is 17.1 Å². The molecule has 5 N–H and O–H groups in total. The van der Waals surface area contributed by atoms with Crippen molar-refractivity contribution in [2.75, 3.05) is 75.0 Å². The Morgan fingerprint density at radius 1 is 0.951 bits per heavy atom. The molecule has 0 spiro atoms. The van der Waals surface area contributed by atoms with Crippen LogP contribution < -0.4 is 31.3 Å². The highest BCUT2D eigenvalue weighted by Gasteiger charge is 2.20. The molecule has 15 heteroatoms. The van der Waals surface area contributed by atoms with E-state index in [1.807, 2.05) is 18.2 Å². The lowest BCUT2D eigenvalue weighted by Gasteiger charge is -2.36. The molecule has 0 saturated carbocycles. The molecule has 41 heavy (non-hydrogen) atoms. The van der Waals surface area contributed by atoms with Gasteiger partial charge in [0.25, 0.3) is 11.8 Å². The number of benzene rings is 1. The molecule has 13 nitrogen and oxygen atoms in total. The maximum absolute atomic E-state index is 12.5. The summed E-state index contributed by atoms with van der Waals surface area (Å²) in [6.07, 6.45) is 3.89. The number of methoxy groups -OCH3 is 1. The van der Waals surface area contributed by atoms with Gasteiger partial charge in [-0.25, -0.2) is 19.9 Å². The fourth-order valence-corrected chi connectivity index (χ4v) is 4.38. The molecule has 1 fully saturated rings. The Balaban J connectivity index is 0.00000462. The number of nitrogens with two attached hydrogens (primary N) is 1. The number of nitrogens with zero attached hydrogens (tertiary/aromatic N) is 6. The largest absolute Gasteiger partial charge is 0.495 e. The van der Waals surface area contributed by atoms with Crippen molar-refractivity contribution in [3.05, 3.63) is 59.1 Å². The summed E-state index contributed by atoms with van der Waals surface area (Å²) in [7, 11) is 1.67. The molecule has 3 aromatic rings. The van der Waals surface area contributed by atoms with Crippen molar-refractivity contribution >= 4 is 53.4 Å². The predicted octanol–water partition coefficient (Wildman–Crippen LogP) is 1.92. The molecule has 0 radical (unpaired) electrons. The number of piperazine rings is 1. The summed E-state index contributed by atoms with van der Waals surface area (Å²) in [4.78, 5) is 45.0. The molecule has 2 aromatic heterocycles. The van der Waals surface area contributed by atoms with Crippen LogP contribution in [0.15, 0.2) is 42.7 Å². The van der Waals surface area contributed by atoms with Gasteiger partial charge >= 0.3 is 0 Å². The molecule has 3 heterocycles. The molecule has 4 rings (SSSR count). The third-order valence-electron chi connectivity index (χ3n) is 6.28. The summed E-state index contributed by atoms with van der Waals surface area (Å²) < 4.78 is 5.50. The lowest BCUT2D eigenvalue weighted by atomic mass is 10.2. The fourth-order valence-electron chi connectivity index (χ4n) is 4.22. The summed E-state index contributed by atoms with van der Waals surface area (Å²) in [6.45, 7) is 5.95. The molecule has 0 atom stereocenters. The van der Waals surface area contributed by atoms with Crippen LogP contribution in [0.1, 0.15) is 27.4 Å². The van der Waals surface area contributed by atoms with Gasteiger partial charge in [-0.2, -0.15) is 0 Å². The number of rotatable bonds is 13. The van der Waals surface area contributed by atoms with Crippen LogP contribution in [0.25, 0.3) is 0 Å². The molecule has 0 unspecified atom stereocenters. The Labute approximate surface area is 249 Å². The van der Waals surface area contributed by atoms with Crippen molar-refractivity contribution < 1.29 is 14.3 Å². The second kappa shape index (κ2) is 15.7. The van der Waals surface area contributed by atoms with Crippen molar-refractivity contribution in [3.63, 3.8) is 0 Å². The third kappa shape index (κ3) is 9.30. The van der Waals surface area contributed by atoms with Gasteiger partial charge in [0.2, 0.25) is 11.9 Å². The van der Waals surface area contributed by atoms with Crippen LogP contribution in [0.2, 0.25) is 5.02 Å². The Morgan fingerprint density at radius 2 is 1.61 bits per heavy atom. The van der Waals surface area contributed by atoms with E-state index in [0.29, 0.717) is 30.6 Å². The highest BCUT2D eigenvalue weighted by Crippen LogP contribution is 2.31. The van der Waals surface area contributed by atoms with E-state index in [1.165, 1.54) is 12.3 Å². The summed E-state index contributed by atoms with van der Waals surface area (Å²) >= 11 is 6.20. The summed E-state index contributed by atoms with van der Waals surface area (Å²) in [5.41, 5.74) is 6.62. The average molecular weight is 606 g/mol. The number of hydrogen-bond acceptors (Lipinski definition) is 11. The first-order valence-electron chi connectivity index (χ1n) is 13.0. The van der Waals surface area contributed by atoms with E-state index in [4.69, 9.17) is 22.1 Å². The first-order valence-corrected chi connectivity index (χ1v) is 13.3. The monoisotopic (exact) mass is 604 g/mol. The number of amides is 2. The minimum Gasteiger partial charge on any atom is -0.495 e. The molecule has 1 aromatic carbocycles. The van der Waals surface area contributed by atoms with Gasteiger partial charge < -0.3 is 31.3 Å². The van der Waals surface area contributed by atoms with E-state index in [9.17, 15) is 9.59 Å². The molecule has 1 aliphatic rings. The third-order valence-corrected chi connectivity index (χ3v) is 6.51. The first-order chi connectivity index (χ1) is 19.4. The molecule has 0 aliphatic carbocycles. The summed E-state index contributed by atoms with van der Waals surface area (Å²) in [5, 5.41) is 9.61. The Morgan fingerprint density at radius 3 is 2.29 bits per heavy atom. The lowest BCUT2D eigenvalue weighted by Crippen LogP contribution is -2.47. The van der Waals surface area contributed by atoms with Crippen LogP contribution in [0, 0.1) is 0 Å². The quantitative estimate of drug-likeness (QED) is 0.211. The van der Waals surface area contributed by atoms with E-state index in [-0.39, 0.29) is 35.7 Å². The van der Waals surface area contributed by atoms with Gasteiger partial charge in [-0.15, -0.1) is 12.4 Å². The summed E-state index contributed by atoms with van der Waals surface area (Å²) in [6, 6.07) is 8.68. The van der Waals surface area contributed by atoms with Gasteiger partial charge in [0.15, 0.2) is 0 Å². The maximum Gasteiger partial charge on any atom is 0.270 e. The lowest BCUT2D eigenvalue weighted by molar-refractivity contribution is 0.0949. The van der Waals surface area contributed by atoms with Crippen molar-refractivity contribution in [1.29, 1.82) is 0 Å². The topological polar surface area (TPSA) is 164 Å². The molecular formula is C26H34Cl2N10O3. The number of carbonyl (C=O) groups is 2. The van der Waals surface area contributed by atoms with Crippen molar-refractivity contribution in [2.45, 2.75) is 6.42 Å². The first kappa shape index (κ1) is 31.6. The highest BCUT2D eigenvalue weighted by molar-refractivity contribution is 6.31. The molecule has 2 amide bonds. The number of halogens is 2. The predicted molar refractivity (Wildman–Crippen MR) is 160 cm³/mol. The van der Waals surface area contributed by atoms with Gasteiger partial charge in [-0.3, -0.25) is 14.5 Å². The Bertz CT molecular complexity index is 1310. The average Bonchev–Trinajstić information content (AvgIpc) is 2.98. The SMILES string of the molecule is COc1ccc(Cl)cc1N1CCN(CCCNc2nccc(C(=O)NCCNc3nccc(C(N)=O)n3)n2)CC1.Cl. The van der Waals surface area contributed by atoms with Crippen molar-refractivity contribution in [2.24, 2.45) is 5.73 Å². The minimum atomic E-state index is -0.638. The zero-order chi connectivity index (χ0) is 28.3. The van der Waals surface area contributed by atoms with Gasteiger partial charge in [-0.05, 0) is 43.3 Å². The number of ether oxygens (including phenoxy) is 1. The maximum atomic E-state index is 12.5. The highest BCUT2D eigenvalue weighted by atomic mass is 35.5. The molecular weight excluding hydrogens is 571 g/mol. The van der Waals surface area contributed by atoms with E-state index in [2.05, 4.69) is 45.7 Å². The standard InChI is InChI=1S/C26H33ClN10O3.ClH/c1-40-22-4-3-18(27)17-21(22)37-15-13-36(14-16-37)12-2-7-30-25-32-9-6-20(35-25)24(39)29-10-11-33-26-31-8-5-19(34-26)23(28)38;/h3-6,8-9,17H,2,7,10-16H2,1H3,(H2,28,38)(H,29,39)(H,30,32,35)(H,31,33,34);1H.